The van der Waals surface area contributed by atoms with Crippen LogP contribution in [0, 0.1) is 0 Å². The second kappa shape index (κ2) is 20.6. The molecule has 0 radical (unpaired) electrons. The fraction of sp³-hybridized carbons (Fsp3) is 0.372. The second-order valence-electron chi connectivity index (χ2n) is 13.6. The minimum Gasteiger partial charge on any atom is -0.453 e. The number of H-pyrrole nitrogens is 2. The van der Waals surface area contributed by atoms with Crippen molar-refractivity contribution in [1.82, 2.24) is 45.4 Å². The molecule has 1 atom stereocenters. The van der Waals surface area contributed by atoms with E-state index >= 15 is 0 Å². The predicted molar refractivity (Wildman–Crippen MR) is 219 cm³/mol. The maximum atomic E-state index is 13.8. The summed E-state index contributed by atoms with van der Waals surface area (Å²) in [6.07, 6.45) is 6.92. The van der Waals surface area contributed by atoms with Crippen LogP contribution in [0.15, 0.2) is 73.2 Å². The molecular formula is C43H53N9O6. The van der Waals surface area contributed by atoms with E-state index in [9.17, 15) is 19.2 Å². The molecule has 0 fully saturated rings. The minimum absolute atomic E-state index is 0.153. The first kappa shape index (κ1) is 42.6. The van der Waals surface area contributed by atoms with Gasteiger partial charge in [-0.25, -0.2) is 19.6 Å². The highest BCUT2D eigenvalue weighted by molar-refractivity contribution is 5.87. The molecule has 5 aromatic rings. The van der Waals surface area contributed by atoms with Gasteiger partial charge >= 0.3 is 12.2 Å². The van der Waals surface area contributed by atoms with Crippen LogP contribution < -0.4 is 10.6 Å². The number of ether oxygens (including phenoxy) is 2. The number of imidazole rings is 2. The first-order valence-electron chi connectivity index (χ1n) is 19.6. The topological polar surface area (TPSA) is 188 Å². The summed E-state index contributed by atoms with van der Waals surface area (Å²) < 4.78 is 9.39. The zero-order chi connectivity index (χ0) is 41.6. The zero-order valence-electron chi connectivity index (χ0n) is 34.1. The average molecular weight is 792 g/mol. The molecule has 4 N–H and O–H groups in total. The molecule has 306 valence electrons. The van der Waals surface area contributed by atoms with Crippen molar-refractivity contribution in [2.75, 3.05) is 33.9 Å². The fourth-order valence-electron chi connectivity index (χ4n) is 6.78. The number of rotatable bonds is 15. The number of carbonyl (C=O) groups is 4. The van der Waals surface area contributed by atoms with Crippen molar-refractivity contribution in [3.05, 3.63) is 113 Å². The summed E-state index contributed by atoms with van der Waals surface area (Å²) in [6.45, 7) is 9.35. The number of methoxy groups -OCH3 is 2. The lowest BCUT2D eigenvalue weighted by molar-refractivity contribution is -0.134. The number of fused-ring (bicyclic) bond motifs is 2. The third kappa shape index (κ3) is 10.7. The van der Waals surface area contributed by atoms with Crippen LogP contribution in [-0.4, -0.2) is 92.6 Å². The number of amides is 4. The Bertz CT molecular complexity index is 2170. The number of aromatic amines is 2. The molecule has 0 unspecified atom stereocenters. The molecule has 15 heteroatoms. The summed E-state index contributed by atoms with van der Waals surface area (Å²) in [6, 6.07) is 16.7. The largest absolute Gasteiger partial charge is 0.453 e. The first-order valence-corrected chi connectivity index (χ1v) is 19.6. The number of nitrogens with one attached hydrogen (secondary N) is 4. The normalized spacial score (nSPS) is 11.8. The third-order valence-electron chi connectivity index (χ3n) is 9.61. The van der Waals surface area contributed by atoms with Crippen molar-refractivity contribution in [2.45, 2.75) is 72.5 Å². The highest BCUT2D eigenvalue weighted by Gasteiger charge is 2.28. The van der Waals surface area contributed by atoms with E-state index in [0.717, 1.165) is 53.0 Å². The molecule has 6 rings (SSSR count). The van der Waals surface area contributed by atoms with E-state index in [1.165, 1.54) is 25.3 Å². The summed E-state index contributed by atoms with van der Waals surface area (Å²) in [7, 11) is 2.53. The number of carbonyl (C=O) groups excluding carboxylic acids is 4. The molecule has 0 spiro atoms. The van der Waals surface area contributed by atoms with Crippen molar-refractivity contribution in [2.24, 2.45) is 0 Å². The van der Waals surface area contributed by atoms with E-state index in [1.807, 2.05) is 52.1 Å². The number of hydrogen-bond donors (Lipinski definition) is 4. The molecule has 1 aliphatic carbocycles. The smallest absolute Gasteiger partial charge is 0.407 e. The molecule has 2 aromatic carbocycles. The van der Waals surface area contributed by atoms with E-state index in [4.69, 9.17) is 9.72 Å². The molecule has 0 saturated carbocycles. The highest BCUT2D eigenvalue weighted by Crippen LogP contribution is 2.32. The molecule has 4 amide bonds. The minimum atomic E-state index is -0.909. The van der Waals surface area contributed by atoms with Crippen LogP contribution in [0.3, 0.4) is 0 Å². The first-order chi connectivity index (χ1) is 28.2. The highest BCUT2D eigenvalue weighted by atomic mass is 16.5. The number of alkyl carbamates (subject to hydrolysis) is 2. The lowest BCUT2D eigenvalue weighted by Crippen LogP contribution is -2.43. The summed E-state index contributed by atoms with van der Waals surface area (Å²) >= 11 is 0. The quantitative estimate of drug-likeness (QED) is 0.0924. The number of nitrogens with zero attached hydrogens (tertiary/aromatic N) is 5. The predicted octanol–water partition coefficient (Wildman–Crippen LogP) is 6.31. The Morgan fingerprint density at radius 1 is 0.724 bits per heavy atom. The van der Waals surface area contributed by atoms with Crippen LogP contribution in [0.1, 0.15) is 86.2 Å². The van der Waals surface area contributed by atoms with Crippen LogP contribution in [0.4, 0.5) is 9.59 Å². The zero-order valence-corrected chi connectivity index (χ0v) is 34.1. The van der Waals surface area contributed by atoms with Crippen molar-refractivity contribution in [3.8, 4) is 22.5 Å². The van der Waals surface area contributed by atoms with Gasteiger partial charge in [0.15, 0.2) is 0 Å². The lowest BCUT2D eigenvalue weighted by atomic mass is 9.87. The maximum Gasteiger partial charge on any atom is 0.407 e. The molecule has 15 nitrogen and oxygen atoms in total. The van der Waals surface area contributed by atoms with E-state index in [2.05, 4.69) is 59.6 Å². The summed E-state index contributed by atoms with van der Waals surface area (Å²) in [5.74, 6) is 0.782. The molecule has 3 heterocycles. The van der Waals surface area contributed by atoms with Gasteiger partial charge in [-0.2, -0.15) is 0 Å². The van der Waals surface area contributed by atoms with Crippen LogP contribution in [0.2, 0.25) is 0 Å². The van der Waals surface area contributed by atoms with Crippen LogP contribution in [0.5, 0.6) is 0 Å². The van der Waals surface area contributed by atoms with Gasteiger partial charge in [-0.1, -0.05) is 70.2 Å². The van der Waals surface area contributed by atoms with Crippen molar-refractivity contribution < 1.29 is 28.7 Å². The number of aromatic nitrogens is 5. The van der Waals surface area contributed by atoms with Gasteiger partial charge in [0.05, 0.1) is 51.1 Å². The summed E-state index contributed by atoms with van der Waals surface area (Å²) in [4.78, 5) is 74.3. The van der Waals surface area contributed by atoms with Gasteiger partial charge in [0.25, 0.3) is 0 Å². The Labute approximate surface area is 339 Å². The molecule has 58 heavy (non-hydrogen) atoms. The number of pyridine rings is 1. The van der Waals surface area contributed by atoms with Gasteiger partial charge in [0.2, 0.25) is 11.8 Å². The maximum absolute atomic E-state index is 13.8. The van der Waals surface area contributed by atoms with Crippen LogP contribution in [-0.2, 0) is 45.0 Å². The number of benzene rings is 2. The van der Waals surface area contributed by atoms with Gasteiger partial charge in [-0.15, -0.1) is 0 Å². The summed E-state index contributed by atoms with van der Waals surface area (Å²) in [5, 5.41) is 5.13. The van der Waals surface area contributed by atoms with Crippen LogP contribution >= 0.6 is 0 Å². The Morgan fingerprint density at radius 3 is 2.00 bits per heavy atom. The molecule has 1 aliphatic rings. The van der Waals surface area contributed by atoms with Gasteiger partial charge in [0, 0.05) is 37.0 Å². The monoisotopic (exact) mass is 791 g/mol. The molecular weight excluding hydrogens is 739 g/mol. The molecule has 0 aliphatic heterocycles. The van der Waals surface area contributed by atoms with Crippen molar-refractivity contribution in [1.29, 1.82) is 0 Å². The van der Waals surface area contributed by atoms with Gasteiger partial charge in [-0.3, -0.25) is 14.6 Å². The Kier molecular flexibility index (Phi) is 15.1. The van der Waals surface area contributed by atoms with E-state index in [-0.39, 0.29) is 31.4 Å². The van der Waals surface area contributed by atoms with Crippen molar-refractivity contribution >= 4 is 24.0 Å². The van der Waals surface area contributed by atoms with Gasteiger partial charge < -0.3 is 39.9 Å². The standard InChI is InChI=1S/C41H47N9O6.C2H6/c1-5-14-49(37(51)23-45-40(53)55-3)24-35-43-21-33(46-35)28-13-12-27-16-30-18-31(20-42-32(30)19-29(27)17-28)34-22-44-36(47-34)25-50(15-6-2)39(52)38(48-41(54)56-4)26-10-8-7-9-11-26;1-2/h7-13,17-18,20-22,38H,5-6,14-16,19,23-25H2,1-4H3,(H,43,46)(H,44,47)(H,45,53)(H,48,54);1-2H3/t38-;/m1./s1. The molecule has 0 bridgehead atoms. The van der Waals surface area contributed by atoms with Crippen LogP contribution in [0.25, 0.3) is 22.5 Å². The van der Waals surface area contributed by atoms with Crippen molar-refractivity contribution in [3.63, 3.8) is 0 Å². The average Bonchev–Trinajstić information content (AvgIpc) is 3.94. The van der Waals surface area contributed by atoms with Gasteiger partial charge in [-0.05, 0) is 59.2 Å². The number of hydrogen-bond acceptors (Lipinski definition) is 9. The Hall–Kier alpha value is -6.51. The lowest BCUT2D eigenvalue weighted by Gasteiger charge is -2.27. The van der Waals surface area contributed by atoms with Gasteiger partial charge in [0.1, 0.15) is 24.2 Å². The third-order valence-corrected chi connectivity index (χ3v) is 9.61. The Balaban J connectivity index is 0.00000315. The molecule has 0 saturated heterocycles. The van der Waals surface area contributed by atoms with E-state index in [0.29, 0.717) is 36.7 Å². The van der Waals surface area contributed by atoms with E-state index < -0.39 is 18.2 Å². The molecule has 3 aromatic heterocycles. The van der Waals surface area contributed by atoms with E-state index in [1.54, 1.807) is 34.3 Å². The summed E-state index contributed by atoms with van der Waals surface area (Å²) in [5.41, 5.74) is 8.71. The Morgan fingerprint density at radius 2 is 1.34 bits per heavy atom. The SMILES string of the molecule is CC.CCCN(Cc1ncc(-c2ccc3c(c2)Cc2ncc(-c4cnc(CN(CCC)C(=O)[C@H](NC(=O)OC)c5ccccc5)[nH]4)cc2C3)[nH]1)C(=O)CNC(=O)OC. The fourth-order valence-corrected chi connectivity index (χ4v) is 6.78. The second-order valence-corrected chi connectivity index (χ2v) is 13.6.